The number of halogens is 2. The minimum Gasteiger partial charge on any atom is -0.355 e. The fourth-order valence-corrected chi connectivity index (χ4v) is 1.74. The molecule has 0 aliphatic heterocycles. The quantitative estimate of drug-likeness (QED) is 0.768. The molecule has 1 rings (SSSR count). The maximum absolute atomic E-state index is 13.4. The molecular formula is C11H14F2O3S. The van der Waals surface area contributed by atoms with Gasteiger partial charge in [-0.05, 0) is 30.0 Å². The van der Waals surface area contributed by atoms with E-state index in [0.717, 1.165) is 24.1 Å². The predicted molar refractivity (Wildman–Crippen MR) is 60.2 cm³/mol. The van der Waals surface area contributed by atoms with Crippen LogP contribution in [-0.2, 0) is 16.9 Å². The Balaban J connectivity index is 2.86. The molecule has 0 N–H and O–H groups in total. The number of rotatable bonds is 5. The van der Waals surface area contributed by atoms with Crippen molar-refractivity contribution in [3.8, 4) is 5.75 Å². The zero-order valence-corrected chi connectivity index (χ0v) is 10.4. The Kier molecular flexibility index (Phi) is 4.45. The highest BCUT2D eigenvalue weighted by molar-refractivity contribution is 7.81. The Morgan fingerprint density at radius 2 is 2.06 bits per heavy atom. The van der Waals surface area contributed by atoms with E-state index in [-0.39, 0.29) is 0 Å². The van der Waals surface area contributed by atoms with E-state index in [9.17, 15) is 16.7 Å². The Hall–Kier alpha value is -1.17. The second-order valence-corrected chi connectivity index (χ2v) is 4.91. The summed E-state index contributed by atoms with van der Waals surface area (Å²) in [6, 6.07) is 3.80. The lowest BCUT2D eigenvalue weighted by Crippen LogP contribution is -2.04. The molecule has 6 heteroatoms. The summed E-state index contributed by atoms with van der Waals surface area (Å²) < 4.78 is 49.8. The van der Waals surface area contributed by atoms with Crippen molar-refractivity contribution in [3.63, 3.8) is 0 Å². The van der Waals surface area contributed by atoms with E-state index in [0.29, 0.717) is 12.3 Å². The molecule has 0 fully saturated rings. The van der Waals surface area contributed by atoms with Gasteiger partial charge in [-0.3, -0.25) is 0 Å². The zero-order valence-electron chi connectivity index (χ0n) is 9.61. The van der Waals surface area contributed by atoms with Crippen molar-refractivity contribution in [2.45, 2.75) is 26.7 Å². The maximum atomic E-state index is 13.4. The molecular weight excluding hydrogens is 250 g/mol. The normalized spacial score (nSPS) is 13.4. The van der Waals surface area contributed by atoms with Gasteiger partial charge in [-0.25, -0.2) is 4.39 Å². The van der Waals surface area contributed by atoms with E-state index >= 15 is 0 Å². The Labute approximate surface area is 99.8 Å². The Bertz CT molecular complexity index is 485. The summed E-state index contributed by atoms with van der Waals surface area (Å²) in [5.41, 5.74) is 0.723. The van der Waals surface area contributed by atoms with Gasteiger partial charge in [-0.2, -0.15) is 8.42 Å². The molecule has 0 aliphatic rings. The van der Waals surface area contributed by atoms with Crippen molar-refractivity contribution in [2.75, 3.05) is 0 Å². The highest BCUT2D eigenvalue weighted by atomic mass is 32.3. The number of benzene rings is 1. The van der Waals surface area contributed by atoms with Crippen LogP contribution in [0.4, 0.5) is 8.28 Å². The van der Waals surface area contributed by atoms with Crippen LogP contribution < -0.4 is 4.18 Å². The van der Waals surface area contributed by atoms with Crippen LogP contribution in [0.3, 0.4) is 0 Å². The van der Waals surface area contributed by atoms with Crippen molar-refractivity contribution in [1.29, 1.82) is 0 Å². The molecule has 96 valence electrons. The summed E-state index contributed by atoms with van der Waals surface area (Å²) in [6.07, 6.45) is 1.63. The van der Waals surface area contributed by atoms with Crippen molar-refractivity contribution in [1.82, 2.24) is 0 Å². The lowest BCUT2D eigenvalue weighted by atomic mass is 9.99. The molecule has 0 saturated carbocycles. The fourth-order valence-electron chi connectivity index (χ4n) is 1.39. The van der Waals surface area contributed by atoms with E-state index in [4.69, 9.17) is 0 Å². The van der Waals surface area contributed by atoms with Gasteiger partial charge < -0.3 is 4.18 Å². The summed E-state index contributed by atoms with van der Waals surface area (Å²) in [5.74, 6) is -1.11. The Morgan fingerprint density at radius 3 is 2.53 bits per heavy atom. The summed E-state index contributed by atoms with van der Waals surface area (Å²) >= 11 is 0. The maximum Gasteiger partial charge on any atom is 0.488 e. The molecule has 0 aliphatic carbocycles. The number of hydrogen-bond acceptors (Lipinski definition) is 3. The summed E-state index contributed by atoms with van der Waals surface area (Å²) in [5, 5.41) is 0. The molecule has 0 heterocycles. The molecule has 1 aromatic rings. The first-order valence-corrected chi connectivity index (χ1v) is 6.55. The largest absolute Gasteiger partial charge is 0.488 e. The molecule has 1 unspecified atom stereocenters. The molecule has 1 aromatic carbocycles. The SMILES string of the molecule is CCC(C)Cc1ccc(OS(=O)(=O)F)c(F)c1. The molecule has 0 amide bonds. The smallest absolute Gasteiger partial charge is 0.355 e. The third kappa shape index (κ3) is 4.68. The first-order valence-electron chi connectivity index (χ1n) is 5.24. The highest BCUT2D eigenvalue weighted by Crippen LogP contribution is 2.22. The van der Waals surface area contributed by atoms with Gasteiger partial charge in [-0.15, -0.1) is 0 Å². The first-order chi connectivity index (χ1) is 7.81. The van der Waals surface area contributed by atoms with Crippen LogP contribution in [0.1, 0.15) is 25.8 Å². The van der Waals surface area contributed by atoms with Crippen LogP contribution in [-0.4, -0.2) is 8.42 Å². The van der Waals surface area contributed by atoms with Crippen LogP contribution in [0, 0.1) is 11.7 Å². The van der Waals surface area contributed by atoms with Crippen LogP contribution >= 0.6 is 0 Å². The lowest BCUT2D eigenvalue weighted by molar-refractivity contribution is 0.423. The van der Waals surface area contributed by atoms with Gasteiger partial charge in [0.1, 0.15) is 0 Å². The van der Waals surface area contributed by atoms with Crippen molar-refractivity contribution < 1.29 is 20.9 Å². The molecule has 3 nitrogen and oxygen atoms in total. The predicted octanol–water partition coefficient (Wildman–Crippen LogP) is 3.01. The second-order valence-electron chi connectivity index (χ2n) is 3.96. The topological polar surface area (TPSA) is 43.4 Å². The molecule has 0 saturated heterocycles. The number of hydrogen-bond donors (Lipinski definition) is 0. The standard InChI is InChI=1S/C11H14F2O3S/c1-3-8(2)6-9-4-5-11(10(12)7-9)16-17(13,14)15/h4-5,7-8H,3,6H2,1-2H3. The van der Waals surface area contributed by atoms with Crippen LogP contribution in [0.25, 0.3) is 0 Å². The summed E-state index contributed by atoms with van der Waals surface area (Å²) in [7, 11) is -5.18. The lowest BCUT2D eigenvalue weighted by Gasteiger charge is -2.09. The minimum absolute atomic E-state index is 0.395. The highest BCUT2D eigenvalue weighted by Gasteiger charge is 2.14. The van der Waals surface area contributed by atoms with Crippen molar-refractivity contribution >= 4 is 10.5 Å². The van der Waals surface area contributed by atoms with Crippen molar-refractivity contribution in [3.05, 3.63) is 29.6 Å². The van der Waals surface area contributed by atoms with Gasteiger partial charge in [0.25, 0.3) is 0 Å². The second kappa shape index (κ2) is 5.44. The molecule has 0 radical (unpaired) electrons. The summed E-state index contributed by atoms with van der Waals surface area (Å²) in [6.45, 7) is 4.04. The molecule has 0 spiro atoms. The van der Waals surface area contributed by atoms with Crippen LogP contribution in [0.2, 0.25) is 0 Å². The van der Waals surface area contributed by atoms with Crippen LogP contribution in [0.15, 0.2) is 18.2 Å². The molecule has 17 heavy (non-hydrogen) atoms. The molecule has 0 bridgehead atoms. The first kappa shape index (κ1) is 13.9. The van der Waals surface area contributed by atoms with Gasteiger partial charge >= 0.3 is 10.5 Å². The monoisotopic (exact) mass is 264 g/mol. The van der Waals surface area contributed by atoms with E-state index in [1.165, 1.54) is 6.07 Å². The van der Waals surface area contributed by atoms with Gasteiger partial charge in [0.15, 0.2) is 11.6 Å². The van der Waals surface area contributed by atoms with Gasteiger partial charge in [-0.1, -0.05) is 30.2 Å². The average Bonchev–Trinajstić information content (AvgIpc) is 2.20. The zero-order chi connectivity index (χ0) is 13.1. The fraction of sp³-hybridized carbons (Fsp3) is 0.455. The average molecular weight is 264 g/mol. The van der Waals surface area contributed by atoms with Crippen molar-refractivity contribution in [2.24, 2.45) is 5.92 Å². The molecule has 1 atom stereocenters. The van der Waals surface area contributed by atoms with Gasteiger partial charge in [0.05, 0.1) is 0 Å². The van der Waals surface area contributed by atoms with E-state index in [1.54, 1.807) is 0 Å². The van der Waals surface area contributed by atoms with Crippen LogP contribution in [0.5, 0.6) is 5.75 Å². The van der Waals surface area contributed by atoms with Gasteiger partial charge in [0.2, 0.25) is 0 Å². The van der Waals surface area contributed by atoms with Gasteiger partial charge in [0, 0.05) is 0 Å². The third-order valence-electron chi connectivity index (χ3n) is 2.47. The molecule has 0 aromatic heterocycles. The minimum atomic E-state index is -5.18. The van der Waals surface area contributed by atoms with E-state index in [1.807, 2.05) is 13.8 Å². The van der Waals surface area contributed by atoms with E-state index < -0.39 is 22.1 Å². The van der Waals surface area contributed by atoms with E-state index in [2.05, 4.69) is 4.18 Å². The summed E-state index contributed by atoms with van der Waals surface area (Å²) in [4.78, 5) is 0. The third-order valence-corrected chi connectivity index (χ3v) is 2.85. The Morgan fingerprint density at radius 1 is 1.41 bits per heavy atom.